The third-order valence-corrected chi connectivity index (χ3v) is 2.91. The topological polar surface area (TPSA) is 83.5 Å². The maximum Gasteiger partial charge on any atom is 0.307 e. The van der Waals surface area contributed by atoms with Gasteiger partial charge in [-0.15, -0.1) is 0 Å². The molecular formula is C16H31NO7. The smallest absolute Gasteiger partial charge is 0.307 e. The van der Waals surface area contributed by atoms with E-state index in [0.717, 1.165) is 0 Å². The van der Waals surface area contributed by atoms with Crippen LogP contribution in [0.2, 0.25) is 0 Å². The molecule has 0 aliphatic heterocycles. The number of ether oxygens (including phenoxy) is 5. The van der Waals surface area contributed by atoms with Crippen molar-refractivity contribution in [2.75, 3.05) is 66.3 Å². The molecule has 0 rings (SSSR count). The van der Waals surface area contributed by atoms with E-state index in [9.17, 15) is 9.59 Å². The number of hydrogen-bond donors (Lipinski definition) is 0. The number of esters is 1. The van der Waals surface area contributed by atoms with E-state index in [1.165, 1.54) is 6.92 Å². The Morgan fingerprint density at radius 3 is 1.83 bits per heavy atom. The molecule has 0 aliphatic rings. The first kappa shape index (κ1) is 22.9. The molecule has 0 bridgehead atoms. The summed E-state index contributed by atoms with van der Waals surface area (Å²) in [5, 5.41) is 0. The SMILES string of the molecule is CCOCOCCN(CCOCOCC)CCC(=O)OCC(C)=O. The van der Waals surface area contributed by atoms with Crippen molar-refractivity contribution in [2.24, 2.45) is 0 Å². The molecule has 0 amide bonds. The molecular weight excluding hydrogens is 318 g/mol. The van der Waals surface area contributed by atoms with Crippen molar-refractivity contribution < 1.29 is 33.3 Å². The summed E-state index contributed by atoms with van der Waals surface area (Å²) in [6.07, 6.45) is 0.212. The number of carbonyl (C=O) groups is 2. The molecule has 0 atom stereocenters. The number of carbonyl (C=O) groups excluding carboxylic acids is 2. The minimum atomic E-state index is -0.388. The minimum absolute atomic E-state index is 0.172. The second-order valence-electron chi connectivity index (χ2n) is 4.99. The molecule has 0 unspecified atom stereocenters. The Morgan fingerprint density at radius 2 is 1.38 bits per heavy atom. The fraction of sp³-hybridized carbons (Fsp3) is 0.875. The van der Waals surface area contributed by atoms with Gasteiger partial charge in [0.05, 0.1) is 19.6 Å². The summed E-state index contributed by atoms with van der Waals surface area (Å²) < 4.78 is 25.8. The van der Waals surface area contributed by atoms with Crippen LogP contribution in [0, 0.1) is 0 Å². The molecule has 24 heavy (non-hydrogen) atoms. The molecule has 8 nitrogen and oxygen atoms in total. The zero-order valence-corrected chi connectivity index (χ0v) is 15.1. The van der Waals surface area contributed by atoms with Gasteiger partial charge < -0.3 is 23.7 Å². The lowest BCUT2D eigenvalue weighted by molar-refractivity contribution is -0.148. The molecule has 0 spiro atoms. The van der Waals surface area contributed by atoms with Crippen LogP contribution in [0.1, 0.15) is 27.2 Å². The van der Waals surface area contributed by atoms with Gasteiger partial charge in [-0.3, -0.25) is 14.5 Å². The van der Waals surface area contributed by atoms with Gasteiger partial charge >= 0.3 is 5.97 Å². The van der Waals surface area contributed by atoms with Crippen molar-refractivity contribution >= 4 is 11.8 Å². The molecule has 142 valence electrons. The minimum Gasteiger partial charge on any atom is -0.458 e. The van der Waals surface area contributed by atoms with E-state index in [1.54, 1.807) is 0 Å². The summed E-state index contributed by atoms with van der Waals surface area (Å²) in [4.78, 5) is 24.4. The molecule has 0 fully saturated rings. The van der Waals surface area contributed by atoms with Crippen LogP contribution in [0.15, 0.2) is 0 Å². The van der Waals surface area contributed by atoms with Crippen molar-refractivity contribution in [3.05, 3.63) is 0 Å². The van der Waals surface area contributed by atoms with Crippen LogP contribution in [0.4, 0.5) is 0 Å². The average Bonchev–Trinajstić information content (AvgIpc) is 2.56. The first-order valence-electron chi connectivity index (χ1n) is 8.28. The number of hydrogen-bond acceptors (Lipinski definition) is 8. The van der Waals surface area contributed by atoms with Crippen LogP contribution < -0.4 is 0 Å². The molecule has 0 aromatic rings. The molecule has 0 saturated carbocycles. The fourth-order valence-corrected chi connectivity index (χ4v) is 1.63. The number of nitrogens with zero attached hydrogens (tertiary/aromatic N) is 1. The highest BCUT2D eigenvalue weighted by Gasteiger charge is 2.10. The Bertz CT molecular complexity index is 312. The molecule has 8 heteroatoms. The van der Waals surface area contributed by atoms with Crippen LogP contribution in [0.25, 0.3) is 0 Å². The van der Waals surface area contributed by atoms with E-state index >= 15 is 0 Å². The highest BCUT2D eigenvalue weighted by atomic mass is 16.7. The highest BCUT2D eigenvalue weighted by molar-refractivity contribution is 5.80. The van der Waals surface area contributed by atoms with Gasteiger partial charge in [-0.25, -0.2) is 0 Å². The summed E-state index contributed by atoms with van der Waals surface area (Å²) >= 11 is 0. The van der Waals surface area contributed by atoms with Crippen molar-refractivity contribution in [1.82, 2.24) is 4.90 Å². The van der Waals surface area contributed by atoms with Crippen LogP contribution >= 0.6 is 0 Å². The van der Waals surface area contributed by atoms with Gasteiger partial charge in [0.2, 0.25) is 0 Å². The number of rotatable bonds is 17. The van der Waals surface area contributed by atoms with E-state index in [1.807, 2.05) is 18.7 Å². The summed E-state index contributed by atoms with van der Waals surface area (Å²) in [5.41, 5.74) is 0. The van der Waals surface area contributed by atoms with Gasteiger partial charge in [0.15, 0.2) is 5.78 Å². The standard InChI is InChI=1S/C16H31NO7/c1-4-20-13-22-10-8-17(9-11-23-14-21-5-2)7-6-16(19)24-12-15(3)18/h4-14H2,1-3H3. The Labute approximate surface area is 144 Å². The lowest BCUT2D eigenvalue weighted by Crippen LogP contribution is -2.33. The summed E-state index contributed by atoms with van der Waals surface area (Å²) in [7, 11) is 0. The zero-order chi connectivity index (χ0) is 18.0. The van der Waals surface area contributed by atoms with Crippen molar-refractivity contribution in [3.63, 3.8) is 0 Å². The Hall–Kier alpha value is -1.06. The molecule has 0 N–H and O–H groups in total. The predicted octanol–water partition coefficient (Wildman–Crippen LogP) is 0.832. The van der Waals surface area contributed by atoms with E-state index < -0.39 is 0 Å². The van der Waals surface area contributed by atoms with Gasteiger partial charge in [-0.1, -0.05) is 0 Å². The molecule has 0 aromatic carbocycles. The van der Waals surface area contributed by atoms with Crippen LogP contribution in [0.5, 0.6) is 0 Å². The molecule has 0 aliphatic carbocycles. The van der Waals surface area contributed by atoms with Gasteiger partial charge in [0, 0.05) is 32.8 Å². The van der Waals surface area contributed by atoms with Crippen LogP contribution in [-0.4, -0.2) is 82.9 Å². The van der Waals surface area contributed by atoms with E-state index in [-0.39, 0.29) is 38.4 Å². The lowest BCUT2D eigenvalue weighted by Gasteiger charge is -2.21. The quantitative estimate of drug-likeness (QED) is 0.217. The lowest BCUT2D eigenvalue weighted by atomic mass is 10.3. The summed E-state index contributed by atoms with van der Waals surface area (Å²) in [6.45, 7) is 9.52. The van der Waals surface area contributed by atoms with Crippen molar-refractivity contribution in [3.8, 4) is 0 Å². The third kappa shape index (κ3) is 15.8. The van der Waals surface area contributed by atoms with Crippen LogP contribution in [0.3, 0.4) is 0 Å². The molecule has 0 saturated heterocycles. The Kier molecular flexibility index (Phi) is 16.0. The second-order valence-corrected chi connectivity index (χ2v) is 4.99. The normalized spacial score (nSPS) is 11.0. The van der Waals surface area contributed by atoms with E-state index in [0.29, 0.717) is 46.1 Å². The van der Waals surface area contributed by atoms with E-state index in [2.05, 4.69) is 0 Å². The molecule has 0 radical (unpaired) electrons. The van der Waals surface area contributed by atoms with Gasteiger partial charge in [-0.2, -0.15) is 0 Å². The summed E-state index contributed by atoms with van der Waals surface area (Å²) in [5.74, 6) is -0.561. The predicted molar refractivity (Wildman–Crippen MR) is 87.6 cm³/mol. The van der Waals surface area contributed by atoms with E-state index in [4.69, 9.17) is 23.7 Å². The van der Waals surface area contributed by atoms with Gasteiger partial charge in [0.1, 0.15) is 20.2 Å². The fourth-order valence-electron chi connectivity index (χ4n) is 1.63. The monoisotopic (exact) mass is 349 g/mol. The number of ketones is 1. The second kappa shape index (κ2) is 16.8. The maximum absolute atomic E-state index is 11.6. The maximum atomic E-state index is 11.6. The largest absolute Gasteiger partial charge is 0.458 e. The van der Waals surface area contributed by atoms with Gasteiger partial charge in [-0.05, 0) is 20.8 Å². The Balaban J connectivity index is 4.00. The third-order valence-electron chi connectivity index (χ3n) is 2.91. The summed E-state index contributed by atoms with van der Waals surface area (Å²) in [6, 6.07) is 0. The van der Waals surface area contributed by atoms with Gasteiger partial charge in [0.25, 0.3) is 0 Å². The van der Waals surface area contributed by atoms with Crippen LogP contribution in [-0.2, 0) is 33.3 Å². The first-order chi connectivity index (χ1) is 11.6. The highest BCUT2D eigenvalue weighted by Crippen LogP contribution is 1.96. The van der Waals surface area contributed by atoms with Crippen molar-refractivity contribution in [1.29, 1.82) is 0 Å². The molecule has 0 heterocycles. The molecule has 0 aromatic heterocycles. The van der Waals surface area contributed by atoms with Crippen molar-refractivity contribution in [2.45, 2.75) is 27.2 Å². The first-order valence-corrected chi connectivity index (χ1v) is 8.28. The average molecular weight is 349 g/mol. The Morgan fingerprint density at radius 1 is 0.833 bits per heavy atom. The zero-order valence-electron chi connectivity index (χ0n) is 15.1. The number of Topliss-reactive ketones (excluding diaryl/α,β-unsaturated/α-hetero) is 1.